The first-order valence-electron chi connectivity index (χ1n) is 4.25. The monoisotopic (exact) mass is 158 g/mol. The van der Waals surface area contributed by atoms with Crippen molar-refractivity contribution in [3.63, 3.8) is 0 Å². The zero-order valence-electron chi connectivity index (χ0n) is 7.94. The summed E-state index contributed by atoms with van der Waals surface area (Å²) in [6, 6.07) is 0. The lowest BCUT2D eigenvalue weighted by atomic mass is 10.00. The van der Waals surface area contributed by atoms with Crippen LogP contribution < -0.4 is 0 Å². The minimum absolute atomic E-state index is 0.0677. The fourth-order valence-electron chi connectivity index (χ4n) is 1.41. The van der Waals surface area contributed by atoms with Gasteiger partial charge in [-0.15, -0.1) is 0 Å². The molecule has 1 aliphatic heterocycles. The predicted octanol–water partition coefficient (Wildman–Crippen LogP) is 1.98. The minimum atomic E-state index is -0.108. The molecule has 0 bridgehead atoms. The molecule has 1 fully saturated rings. The van der Waals surface area contributed by atoms with E-state index in [-0.39, 0.29) is 11.2 Å². The van der Waals surface area contributed by atoms with Gasteiger partial charge in [-0.2, -0.15) is 0 Å². The molecule has 0 aromatic rings. The van der Waals surface area contributed by atoms with E-state index in [1.807, 2.05) is 0 Å². The first-order valence-corrected chi connectivity index (χ1v) is 4.25. The van der Waals surface area contributed by atoms with Crippen molar-refractivity contribution in [1.29, 1.82) is 0 Å². The van der Waals surface area contributed by atoms with E-state index in [4.69, 9.17) is 9.47 Å². The Balaban J connectivity index is 2.59. The molecule has 11 heavy (non-hydrogen) atoms. The standard InChI is InChI=1S/C9H18O2/c1-5-9(4)7-10-6-8(2,3)11-9/h5-7H2,1-4H3. The highest BCUT2D eigenvalue weighted by atomic mass is 16.6. The van der Waals surface area contributed by atoms with Crippen LogP contribution in [-0.4, -0.2) is 24.4 Å². The van der Waals surface area contributed by atoms with Gasteiger partial charge in [-0.1, -0.05) is 6.92 Å². The first-order chi connectivity index (χ1) is 4.97. The van der Waals surface area contributed by atoms with Gasteiger partial charge in [0, 0.05) is 0 Å². The van der Waals surface area contributed by atoms with Crippen LogP contribution in [0.5, 0.6) is 0 Å². The molecular formula is C9H18O2. The predicted molar refractivity (Wildman–Crippen MR) is 44.7 cm³/mol. The number of hydrogen-bond donors (Lipinski definition) is 0. The minimum Gasteiger partial charge on any atom is -0.375 e. The van der Waals surface area contributed by atoms with Gasteiger partial charge in [-0.05, 0) is 27.2 Å². The molecule has 1 unspecified atom stereocenters. The van der Waals surface area contributed by atoms with Gasteiger partial charge < -0.3 is 9.47 Å². The van der Waals surface area contributed by atoms with Crippen molar-refractivity contribution in [3.8, 4) is 0 Å². The Labute approximate surface area is 68.9 Å². The molecule has 1 saturated heterocycles. The lowest BCUT2D eigenvalue weighted by Gasteiger charge is -2.42. The van der Waals surface area contributed by atoms with E-state index in [0.717, 1.165) is 13.0 Å². The maximum absolute atomic E-state index is 5.89. The van der Waals surface area contributed by atoms with E-state index in [1.54, 1.807) is 0 Å². The molecule has 1 aliphatic rings. The van der Waals surface area contributed by atoms with E-state index >= 15 is 0 Å². The third-order valence-electron chi connectivity index (χ3n) is 2.13. The third-order valence-corrected chi connectivity index (χ3v) is 2.13. The van der Waals surface area contributed by atoms with Crippen LogP contribution in [0.4, 0.5) is 0 Å². The van der Waals surface area contributed by atoms with Gasteiger partial charge in [0.1, 0.15) is 0 Å². The molecule has 0 radical (unpaired) electrons. The van der Waals surface area contributed by atoms with Crippen LogP contribution >= 0.6 is 0 Å². The molecule has 1 rings (SSSR count). The summed E-state index contributed by atoms with van der Waals surface area (Å²) in [7, 11) is 0. The van der Waals surface area contributed by atoms with Crippen molar-refractivity contribution in [2.75, 3.05) is 13.2 Å². The van der Waals surface area contributed by atoms with Crippen LogP contribution in [-0.2, 0) is 9.47 Å². The molecule has 1 heterocycles. The average Bonchev–Trinajstić information content (AvgIpc) is 1.85. The largest absolute Gasteiger partial charge is 0.375 e. The summed E-state index contributed by atoms with van der Waals surface area (Å²) in [5.74, 6) is 0. The Morgan fingerprint density at radius 1 is 1.18 bits per heavy atom. The van der Waals surface area contributed by atoms with Crippen LogP contribution in [0.3, 0.4) is 0 Å². The van der Waals surface area contributed by atoms with Gasteiger partial charge in [-0.3, -0.25) is 0 Å². The first kappa shape index (κ1) is 9.01. The molecule has 0 saturated carbocycles. The van der Waals surface area contributed by atoms with Gasteiger partial charge in [0.25, 0.3) is 0 Å². The summed E-state index contributed by atoms with van der Waals surface area (Å²) in [4.78, 5) is 0. The fourth-order valence-corrected chi connectivity index (χ4v) is 1.41. The smallest absolute Gasteiger partial charge is 0.0892 e. The van der Waals surface area contributed by atoms with Crippen molar-refractivity contribution in [2.24, 2.45) is 0 Å². The zero-order valence-corrected chi connectivity index (χ0v) is 7.94. The summed E-state index contributed by atoms with van der Waals surface area (Å²) >= 11 is 0. The van der Waals surface area contributed by atoms with Crippen molar-refractivity contribution in [3.05, 3.63) is 0 Å². The zero-order chi connectivity index (χ0) is 8.54. The molecule has 1 atom stereocenters. The van der Waals surface area contributed by atoms with E-state index in [0.29, 0.717) is 6.61 Å². The highest BCUT2D eigenvalue weighted by Crippen LogP contribution is 2.28. The highest BCUT2D eigenvalue weighted by Gasteiger charge is 2.36. The maximum atomic E-state index is 5.89. The number of rotatable bonds is 1. The molecule has 2 heteroatoms. The average molecular weight is 158 g/mol. The molecule has 0 aliphatic carbocycles. The van der Waals surface area contributed by atoms with Crippen molar-refractivity contribution in [1.82, 2.24) is 0 Å². The second-order valence-corrected chi connectivity index (χ2v) is 4.16. The van der Waals surface area contributed by atoms with E-state index < -0.39 is 0 Å². The molecule has 0 aromatic heterocycles. The van der Waals surface area contributed by atoms with Gasteiger partial charge in [0.05, 0.1) is 24.4 Å². The third kappa shape index (κ3) is 2.17. The molecule has 2 nitrogen and oxygen atoms in total. The van der Waals surface area contributed by atoms with Crippen LogP contribution in [0, 0.1) is 0 Å². The summed E-state index contributed by atoms with van der Waals surface area (Å²) in [5, 5.41) is 0. The van der Waals surface area contributed by atoms with Gasteiger partial charge in [-0.25, -0.2) is 0 Å². The van der Waals surface area contributed by atoms with E-state index in [1.165, 1.54) is 0 Å². The maximum Gasteiger partial charge on any atom is 0.0892 e. The fraction of sp³-hybridized carbons (Fsp3) is 1.00. The van der Waals surface area contributed by atoms with Crippen LogP contribution in [0.1, 0.15) is 34.1 Å². The van der Waals surface area contributed by atoms with Gasteiger partial charge in [0.15, 0.2) is 0 Å². The molecule has 0 N–H and O–H groups in total. The highest BCUT2D eigenvalue weighted by molar-refractivity contribution is 4.83. The van der Waals surface area contributed by atoms with Crippen LogP contribution in [0.2, 0.25) is 0 Å². The lowest BCUT2D eigenvalue weighted by Crippen LogP contribution is -2.50. The summed E-state index contributed by atoms with van der Waals surface area (Å²) in [5.41, 5.74) is -0.176. The molecule has 0 aromatic carbocycles. The Morgan fingerprint density at radius 3 is 2.18 bits per heavy atom. The normalized spacial score (nSPS) is 37.1. The molecule has 66 valence electrons. The van der Waals surface area contributed by atoms with Crippen LogP contribution in [0.25, 0.3) is 0 Å². The molecular weight excluding hydrogens is 140 g/mol. The SMILES string of the molecule is CCC1(C)COCC(C)(C)O1. The van der Waals surface area contributed by atoms with Crippen molar-refractivity contribution < 1.29 is 9.47 Å². The summed E-state index contributed by atoms with van der Waals surface area (Å²) in [6.45, 7) is 9.81. The second-order valence-electron chi connectivity index (χ2n) is 4.16. The number of ether oxygens (including phenoxy) is 2. The quantitative estimate of drug-likeness (QED) is 0.581. The van der Waals surface area contributed by atoms with Crippen molar-refractivity contribution in [2.45, 2.75) is 45.3 Å². The van der Waals surface area contributed by atoms with E-state index in [9.17, 15) is 0 Å². The Morgan fingerprint density at radius 2 is 1.82 bits per heavy atom. The van der Waals surface area contributed by atoms with E-state index in [2.05, 4.69) is 27.7 Å². The summed E-state index contributed by atoms with van der Waals surface area (Å²) in [6.07, 6.45) is 1.01. The molecule has 0 spiro atoms. The Kier molecular flexibility index (Phi) is 2.26. The van der Waals surface area contributed by atoms with Crippen LogP contribution in [0.15, 0.2) is 0 Å². The topological polar surface area (TPSA) is 18.5 Å². The Hall–Kier alpha value is -0.0800. The lowest BCUT2D eigenvalue weighted by molar-refractivity contribution is -0.230. The van der Waals surface area contributed by atoms with Gasteiger partial charge >= 0.3 is 0 Å². The molecule has 0 amide bonds. The Bertz CT molecular complexity index is 142. The van der Waals surface area contributed by atoms with Gasteiger partial charge in [0.2, 0.25) is 0 Å². The summed E-state index contributed by atoms with van der Waals surface area (Å²) < 4.78 is 11.4. The number of hydrogen-bond acceptors (Lipinski definition) is 2. The van der Waals surface area contributed by atoms with Crippen molar-refractivity contribution >= 4 is 0 Å². The second kappa shape index (κ2) is 2.76.